The Morgan fingerprint density at radius 2 is 1.41 bits per heavy atom. The summed E-state index contributed by atoms with van der Waals surface area (Å²) in [6.07, 6.45) is 0. The molecule has 0 aliphatic rings. The molecule has 0 aliphatic heterocycles. The zero-order valence-corrected chi connectivity index (χ0v) is 16.0. The van der Waals surface area contributed by atoms with Crippen molar-refractivity contribution in [3.63, 3.8) is 0 Å². The number of nitrogens with one attached hydrogen (secondary N) is 1. The number of carbonyl (C=O) groups excluding carboxylic acids is 1. The third kappa shape index (κ3) is 5.20. The highest BCUT2D eigenvalue weighted by Gasteiger charge is 2.17. The van der Waals surface area contributed by atoms with Crippen LogP contribution in [-0.2, 0) is 4.79 Å². The van der Waals surface area contributed by atoms with Crippen molar-refractivity contribution in [3.05, 3.63) is 101 Å². The van der Waals surface area contributed by atoms with Gasteiger partial charge in [-0.15, -0.1) is 0 Å². The van der Waals surface area contributed by atoms with E-state index in [0.717, 1.165) is 22.3 Å². The zero-order chi connectivity index (χ0) is 19.2. The molecule has 0 spiro atoms. The van der Waals surface area contributed by atoms with Crippen molar-refractivity contribution in [2.24, 2.45) is 0 Å². The first-order chi connectivity index (χ1) is 13.0. The summed E-state index contributed by atoms with van der Waals surface area (Å²) in [5.41, 5.74) is 5.52. The number of amides is 1. The molecule has 1 unspecified atom stereocenters. The minimum absolute atomic E-state index is 0.0158. The molecule has 0 heterocycles. The largest absolute Gasteiger partial charge is 0.484 e. The number of benzene rings is 3. The van der Waals surface area contributed by atoms with Gasteiger partial charge >= 0.3 is 0 Å². The molecule has 0 bridgehead atoms. The lowest BCUT2D eigenvalue weighted by atomic mass is 9.98. The average Bonchev–Trinajstić information content (AvgIpc) is 2.65. The van der Waals surface area contributed by atoms with E-state index in [1.54, 1.807) is 0 Å². The highest BCUT2D eigenvalue weighted by atomic mass is 16.5. The standard InChI is InChI=1S/C24H25NO2/c1-17-9-11-21(12-10-17)24(20-7-5-4-6-8-20)25-23(26)16-27-22-14-18(2)13-19(3)15-22/h4-15,24H,16H2,1-3H3,(H,25,26). The molecule has 3 nitrogen and oxygen atoms in total. The second-order valence-electron chi connectivity index (χ2n) is 6.93. The summed E-state index contributed by atoms with van der Waals surface area (Å²) in [6.45, 7) is 6.07. The first kappa shape index (κ1) is 18.7. The van der Waals surface area contributed by atoms with Gasteiger partial charge in [0.05, 0.1) is 6.04 Å². The van der Waals surface area contributed by atoms with Crippen molar-refractivity contribution in [1.29, 1.82) is 0 Å². The fraction of sp³-hybridized carbons (Fsp3) is 0.208. The van der Waals surface area contributed by atoms with Crippen LogP contribution in [0.5, 0.6) is 5.75 Å². The highest BCUT2D eigenvalue weighted by molar-refractivity contribution is 5.78. The summed E-state index contributed by atoms with van der Waals surface area (Å²) < 4.78 is 5.71. The van der Waals surface area contributed by atoms with Crippen LogP contribution in [-0.4, -0.2) is 12.5 Å². The van der Waals surface area contributed by atoms with Crippen molar-refractivity contribution in [1.82, 2.24) is 5.32 Å². The van der Waals surface area contributed by atoms with Crippen LogP contribution in [0, 0.1) is 20.8 Å². The van der Waals surface area contributed by atoms with Crippen molar-refractivity contribution >= 4 is 5.91 Å². The van der Waals surface area contributed by atoms with E-state index in [1.807, 2.05) is 56.3 Å². The normalized spacial score (nSPS) is 11.7. The highest BCUT2D eigenvalue weighted by Crippen LogP contribution is 2.22. The van der Waals surface area contributed by atoms with Crippen molar-refractivity contribution in [2.45, 2.75) is 26.8 Å². The van der Waals surface area contributed by atoms with E-state index >= 15 is 0 Å². The Labute approximate surface area is 161 Å². The van der Waals surface area contributed by atoms with Crippen LogP contribution < -0.4 is 10.1 Å². The van der Waals surface area contributed by atoms with Crippen LogP contribution in [0.25, 0.3) is 0 Å². The Kier molecular flexibility index (Phi) is 5.92. The summed E-state index contributed by atoms with van der Waals surface area (Å²) >= 11 is 0. The minimum atomic E-state index is -0.206. The molecule has 0 radical (unpaired) electrons. The summed E-state index contributed by atoms with van der Waals surface area (Å²) in [5.74, 6) is 0.567. The van der Waals surface area contributed by atoms with Gasteiger partial charge < -0.3 is 10.1 Å². The van der Waals surface area contributed by atoms with Gasteiger partial charge in [0, 0.05) is 0 Å². The van der Waals surface area contributed by atoms with Gasteiger partial charge in [-0.1, -0.05) is 66.2 Å². The second-order valence-corrected chi connectivity index (χ2v) is 6.93. The van der Waals surface area contributed by atoms with Crippen LogP contribution in [0.1, 0.15) is 33.9 Å². The van der Waals surface area contributed by atoms with E-state index in [4.69, 9.17) is 4.74 Å². The topological polar surface area (TPSA) is 38.3 Å². The third-order valence-electron chi connectivity index (χ3n) is 4.41. The van der Waals surface area contributed by atoms with Crippen molar-refractivity contribution in [2.75, 3.05) is 6.61 Å². The lowest BCUT2D eigenvalue weighted by Crippen LogP contribution is -2.33. The average molecular weight is 359 g/mol. The first-order valence-corrected chi connectivity index (χ1v) is 9.13. The SMILES string of the molecule is Cc1ccc(C(NC(=O)COc2cc(C)cc(C)c2)c2ccccc2)cc1. The maximum Gasteiger partial charge on any atom is 0.258 e. The molecule has 1 amide bonds. The number of ether oxygens (including phenoxy) is 1. The van der Waals surface area contributed by atoms with Crippen LogP contribution in [0.4, 0.5) is 0 Å². The molecule has 27 heavy (non-hydrogen) atoms. The molecule has 3 aromatic rings. The Morgan fingerprint density at radius 3 is 2.04 bits per heavy atom. The van der Waals surface area contributed by atoms with E-state index in [2.05, 4.69) is 42.6 Å². The van der Waals surface area contributed by atoms with Gasteiger partial charge in [0.25, 0.3) is 5.91 Å². The third-order valence-corrected chi connectivity index (χ3v) is 4.41. The van der Waals surface area contributed by atoms with Gasteiger partial charge in [-0.3, -0.25) is 4.79 Å². The molecular formula is C24H25NO2. The summed E-state index contributed by atoms with van der Waals surface area (Å²) in [5, 5.41) is 3.10. The summed E-state index contributed by atoms with van der Waals surface area (Å²) in [6, 6.07) is 24.0. The van der Waals surface area contributed by atoms with Gasteiger partial charge in [-0.2, -0.15) is 0 Å². The predicted molar refractivity (Wildman–Crippen MR) is 109 cm³/mol. The van der Waals surface area contributed by atoms with Crippen LogP contribution in [0.15, 0.2) is 72.8 Å². The molecule has 1 atom stereocenters. The number of carbonyl (C=O) groups is 1. The van der Waals surface area contributed by atoms with Gasteiger partial charge in [0.15, 0.2) is 6.61 Å². The van der Waals surface area contributed by atoms with Crippen molar-refractivity contribution < 1.29 is 9.53 Å². The molecule has 1 N–H and O–H groups in total. The molecule has 138 valence electrons. The summed E-state index contributed by atoms with van der Waals surface area (Å²) in [4.78, 5) is 12.6. The van der Waals surface area contributed by atoms with Crippen LogP contribution >= 0.6 is 0 Å². The molecule has 3 heteroatoms. The Balaban J connectivity index is 1.73. The fourth-order valence-electron chi connectivity index (χ4n) is 3.13. The van der Waals surface area contributed by atoms with E-state index < -0.39 is 0 Å². The Morgan fingerprint density at radius 1 is 0.815 bits per heavy atom. The number of hydrogen-bond acceptors (Lipinski definition) is 2. The molecule has 0 fully saturated rings. The molecule has 0 saturated heterocycles. The molecule has 0 saturated carbocycles. The lowest BCUT2D eigenvalue weighted by Gasteiger charge is -2.20. The number of hydrogen-bond donors (Lipinski definition) is 1. The lowest BCUT2D eigenvalue weighted by molar-refractivity contribution is -0.123. The Bertz CT molecular complexity index is 881. The predicted octanol–water partition coefficient (Wildman–Crippen LogP) is 4.90. The first-order valence-electron chi connectivity index (χ1n) is 9.13. The van der Waals surface area contributed by atoms with Crippen LogP contribution in [0.2, 0.25) is 0 Å². The van der Waals surface area contributed by atoms with E-state index in [-0.39, 0.29) is 18.6 Å². The van der Waals surface area contributed by atoms with E-state index in [0.29, 0.717) is 5.75 Å². The number of aryl methyl sites for hydroxylation is 3. The van der Waals surface area contributed by atoms with Crippen molar-refractivity contribution in [3.8, 4) is 5.75 Å². The zero-order valence-electron chi connectivity index (χ0n) is 16.0. The van der Waals surface area contributed by atoms with Gasteiger partial charge in [-0.25, -0.2) is 0 Å². The second kappa shape index (κ2) is 8.54. The van der Waals surface area contributed by atoms with Crippen LogP contribution in [0.3, 0.4) is 0 Å². The number of rotatable bonds is 6. The van der Waals surface area contributed by atoms with E-state index in [1.165, 1.54) is 5.56 Å². The minimum Gasteiger partial charge on any atom is -0.484 e. The fourth-order valence-corrected chi connectivity index (χ4v) is 3.13. The van der Waals surface area contributed by atoms with E-state index in [9.17, 15) is 4.79 Å². The summed E-state index contributed by atoms with van der Waals surface area (Å²) in [7, 11) is 0. The maximum absolute atomic E-state index is 12.6. The van der Waals surface area contributed by atoms with Gasteiger partial charge in [0.1, 0.15) is 5.75 Å². The quantitative estimate of drug-likeness (QED) is 0.680. The molecule has 3 rings (SSSR count). The molecule has 0 aromatic heterocycles. The Hall–Kier alpha value is -3.07. The smallest absolute Gasteiger partial charge is 0.258 e. The maximum atomic E-state index is 12.6. The monoisotopic (exact) mass is 359 g/mol. The molecule has 0 aliphatic carbocycles. The molecular weight excluding hydrogens is 334 g/mol. The molecule has 3 aromatic carbocycles. The van der Waals surface area contributed by atoms with Gasteiger partial charge in [0.2, 0.25) is 0 Å². The van der Waals surface area contributed by atoms with Gasteiger partial charge in [-0.05, 0) is 55.2 Å².